The topological polar surface area (TPSA) is 127 Å². The number of nitrogen functional groups attached to an aromatic ring is 2. The van der Waals surface area contributed by atoms with Crippen LogP contribution in [0.5, 0.6) is 11.5 Å². The molecule has 0 aliphatic carbocycles. The average molecular weight is 430 g/mol. The first kappa shape index (κ1) is 23.6. The average Bonchev–Trinajstić information content (AvgIpc) is 2.63. The van der Waals surface area contributed by atoms with E-state index in [4.69, 9.17) is 34.7 Å². The summed E-state index contributed by atoms with van der Waals surface area (Å²) in [5.41, 5.74) is 13.2. The van der Waals surface area contributed by atoms with Crippen LogP contribution in [0, 0.1) is 0 Å². The number of halogens is 2. The SMILES string of the molecule is Nc1ccc(-c2ccc(N)c(O)c2)cc1O.O=C(Cl)CCCCCCC(=O)Cl.[2HH]. The summed E-state index contributed by atoms with van der Waals surface area (Å²) in [6.45, 7) is 0. The summed E-state index contributed by atoms with van der Waals surface area (Å²) in [5.74, 6) is 0.0441. The van der Waals surface area contributed by atoms with Gasteiger partial charge in [0, 0.05) is 14.3 Å². The minimum atomic E-state index is -0.289. The lowest BCUT2D eigenvalue weighted by atomic mass is 10.0. The Labute approximate surface area is 175 Å². The predicted molar refractivity (Wildman–Crippen MR) is 116 cm³/mol. The smallest absolute Gasteiger partial charge is 0.221 e. The van der Waals surface area contributed by atoms with Crippen LogP contribution in [0.4, 0.5) is 11.4 Å². The van der Waals surface area contributed by atoms with E-state index in [-0.39, 0.29) is 23.4 Å². The fourth-order valence-corrected chi connectivity index (χ4v) is 2.60. The molecule has 8 heteroatoms. The Bertz CT molecular complexity index is 752. The molecule has 0 unspecified atom stereocenters. The number of rotatable bonds is 8. The molecule has 2 aromatic rings. The van der Waals surface area contributed by atoms with Crippen molar-refractivity contribution in [3.8, 4) is 22.6 Å². The molecule has 28 heavy (non-hydrogen) atoms. The number of hydrogen-bond acceptors (Lipinski definition) is 6. The zero-order chi connectivity index (χ0) is 21.1. The third-order valence-electron chi connectivity index (χ3n) is 3.89. The second-order valence-corrected chi connectivity index (χ2v) is 7.01. The van der Waals surface area contributed by atoms with Crippen LogP contribution >= 0.6 is 23.2 Å². The van der Waals surface area contributed by atoms with Gasteiger partial charge in [0.05, 0.1) is 11.4 Å². The molecule has 0 bridgehead atoms. The first-order valence-corrected chi connectivity index (χ1v) is 9.50. The van der Waals surface area contributed by atoms with Crippen molar-refractivity contribution in [2.24, 2.45) is 0 Å². The van der Waals surface area contributed by atoms with Gasteiger partial charge < -0.3 is 21.7 Å². The van der Waals surface area contributed by atoms with Crippen LogP contribution < -0.4 is 11.5 Å². The summed E-state index contributed by atoms with van der Waals surface area (Å²) in [6, 6.07) is 9.83. The number of anilines is 2. The fourth-order valence-electron chi connectivity index (χ4n) is 2.33. The minimum absolute atomic E-state index is 0. The first-order chi connectivity index (χ1) is 13.2. The number of hydrogen-bond donors (Lipinski definition) is 4. The van der Waals surface area contributed by atoms with E-state index in [1.165, 1.54) is 0 Å². The molecule has 2 rings (SSSR count). The Hall–Kier alpha value is -2.44. The Morgan fingerprint density at radius 1 is 0.750 bits per heavy atom. The van der Waals surface area contributed by atoms with Crippen LogP contribution in [-0.2, 0) is 9.59 Å². The summed E-state index contributed by atoms with van der Waals surface area (Å²) in [6.07, 6.45) is 4.33. The van der Waals surface area contributed by atoms with E-state index >= 15 is 0 Å². The molecule has 6 nitrogen and oxygen atoms in total. The molecule has 2 aromatic carbocycles. The molecule has 0 amide bonds. The monoisotopic (exact) mass is 429 g/mol. The lowest BCUT2D eigenvalue weighted by Crippen LogP contribution is -1.88. The molecule has 0 saturated heterocycles. The van der Waals surface area contributed by atoms with Crippen LogP contribution in [0.1, 0.15) is 40.0 Å². The molecule has 6 N–H and O–H groups in total. The molecule has 0 heterocycles. The largest absolute Gasteiger partial charge is 0.506 e. The number of nitrogens with two attached hydrogens (primary N) is 2. The molecule has 0 radical (unpaired) electrons. The fraction of sp³-hybridized carbons (Fsp3) is 0.300. The summed E-state index contributed by atoms with van der Waals surface area (Å²) in [5, 5.41) is 18.4. The number of phenolic OH excluding ortho intramolecular Hbond substituents is 2. The molecule has 0 aromatic heterocycles. The third kappa shape index (κ3) is 8.97. The number of carbonyl (C=O) groups is 2. The van der Waals surface area contributed by atoms with Crippen molar-refractivity contribution in [3.05, 3.63) is 36.4 Å². The third-order valence-corrected chi connectivity index (χ3v) is 4.27. The number of carbonyl (C=O) groups excluding carboxylic acids is 2. The quantitative estimate of drug-likeness (QED) is 0.201. The van der Waals surface area contributed by atoms with Crippen molar-refractivity contribution in [1.82, 2.24) is 0 Å². The number of unbranched alkanes of at least 4 members (excludes halogenated alkanes) is 3. The first-order valence-electron chi connectivity index (χ1n) is 8.74. The second kappa shape index (κ2) is 12.1. The van der Waals surface area contributed by atoms with Crippen molar-refractivity contribution in [1.29, 1.82) is 0 Å². The zero-order valence-corrected chi connectivity index (χ0v) is 16.8. The standard InChI is InChI=1S/C12H12N2O2.C8H12Cl2O2.H2/c13-9-3-1-7(5-11(9)15)8-2-4-10(14)12(16)6-8;9-7(11)5-3-1-2-4-6-8(10)12;/h1-6,15-16H,13-14H2;1-6H2;1H/i;;1+1. The number of benzene rings is 2. The normalized spacial score (nSPS) is 10.1. The number of phenols is 2. The van der Waals surface area contributed by atoms with Gasteiger partial charge in [-0.15, -0.1) is 0 Å². The molecule has 154 valence electrons. The van der Waals surface area contributed by atoms with Crippen LogP contribution in [0.15, 0.2) is 36.4 Å². The summed E-state index contributed by atoms with van der Waals surface area (Å²) >= 11 is 10.3. The van der Waals surface area contributed by atoms with Crippen molar-refractivity contribution in [2.75, 3.05) is 11.5 Å². The Morgan fingerprint density at radius 2 is 1.11 bits per heavy atom. The highest BCUT2D eigenvalue weighted by Crippen LogP contribution is 2.31. The van der Waals surface area contributed by atoms with E-state index in [1.807, 2.05) is 0 Å². The van der Waals surface area contributed by atoms with Crippen LogP contribution in [0.25, 0.3) is 11.1 Å². The van der Waals surface area contributed by atoms with E-state index in [0.29, 0.717) is 24.2 Å². The summed E-state index contributed by atoms with van der Waals surface area (Å²) < 4.78 is 0. The molecule has 0 spiro atoms. The van der Waals surface area contributed by atoms with Crippen LogP contribution in [-0.4, -0.2) is 20.7 Å². The maximum atomic E-state index is 10.3. The van der Waals surface area contributed by atoms with Gasteiger partial charge in [-0.1, -0.05) is 25.0 Å². The molecule has 0 aliphatic rings. The molecule has 0 fully saturated rings. The van der Waals surface area contributed by atoms with E-state index in [0.717, 1.165) is 36.8 Å². The predicted octanol–water partition coefficient (Wildman–Crippen LogP) is 5.03. The number of aromatic hydroxyl groups is 2. The molecular weight excluding hydrogens is 403 g/mol. The van der Waals surface area contributed by atoms with Crippen molar-refractivity contribution >= 4 is 45.1 Å². The molecule has 0 saturated carbocycles. The lowest BCUT2D eigenvalue weighted by molar-refractivity contribution is -0.112. The second-order valence-electron chi connectivity index (χ2n) is 6.17. The van der Waals surface area contributed by atoms with E-state index < -0.39 is 0 Å². The van der Waals surface area contributed by atoms with E-state index in [9.17, 15) is 19.8 Å². The zero-order valence-electron chi connectivity index (χ0n) is 15.3. The summed E-state index contributed by atoms with van der Waals surface area (Å²) in [7, 11) is 0. The van der Waals surface area contributed by atoms with Gasteiger partial charge in [-0.05, 0) is 71.4 Å². The van der Waals surface area contributed by atoms with Crippen LogP contribution in [0.3, 0.4) is 0 Å². The minimum Gasteiger partial charge on any atom is -0.506 e. The van der Waals surface area contributed by atoms with Gasteiger partial charge in [0.25, 0.3) is 0 Å². The van der Waals surface area contributed by atoms with E-state index in [1.54, 1.807) is 36.4 Å². The maximum absolute atomic E-state index is 10.3. The van der Waals surface area contributed by atoms with Gasteiger partial charge in [0.2, 0.25) is 10.5 Å². The molecular formula is C20H26Cl2N2O4. The summed E-state index contributed by atoms with van der Waals surface area (Å²) in [4.78, 5) is 20.5. The molecule has 0 aliphatic heterocycles. The highest BCUT2D eigenvalue weighted by atomic mass is 35.5. The highest BCUT2D eigenvalue weighted by molar-refractivity contribution is 6.63. The van der Waals surface area contributed by atoms with Gasteiger partial charge in [0.1, 0.15) is 11.5 Å². The van der Waals surface area contributed by atoms with Crippen LogP contribution in [0.2, 0.25) is 0 Å². The van der Waals surface area contributed by atoms with Crippen molar-refractivity contribution in [3.63, 3.8) is 0 Å². The molecule has 0 atom stereocenters. The van der Waals surface area contributed by atoms with Crippen molar-refractivity contribution in [2.45, 2.75) is 38.5 Å². The van der Waals surface area contributed by atoms with Crippen molar-refractivity contribution < 1.29 is 21.2 Å². The van der Waals surface area contributed by atoms with Gasteiger partial charge in [0.15, 0.2) is 0 Å². The Kier molecular flexibility index (Phi) is 10.2. The maximum Gasteiger partial charge on any atom is 0.221 e. The van der Waals surface area contributed by atoms with E-state index in [2.05, 4.69) is 0 Å². The van der Waals surface area contributed by atoms with Gasteiger partial charge in [-0.3, -0.25) is 9.59 Å². The highest BCUT2D eigenvalue weighted by Gasteiger charge is 2.04. The van der Waals surface area contributed by atoms with Gasteiger partial charge in [-0.25, -0.2) is 0 Å². The van der Waals surface area contributed by atoms with Gasteiger partial charge in [-0.2, -0.15) is 0 Å². The Balaban J connectivity index is 0.000000547. The van der Waals surface area contributed by atoms with Gasteiger partial charge >= 0.3 is 0 Å². The lowest BCUT2D eigenvalue weighted by Gasteiger charge is -2.06. The Morgan fingerprint density at radius 3 is 1.39 bits per heavy atom.